The van der Waals surface area contributed by atoms with Crippen molar-refractivity contribution in [3.63, 3.8) is 0 Å². The van der Waals surface area contributed by atoms with Crippen LogP contribution in [0.25, 0.3) is 0 Å². The summed E-state index contributed by atoms with van der Waals surface area (Å²) in [5.74, 6) is -0.326. The number of cyclic esters (lactones) is 1. The van der Waals surface area contributed by atoms with E-state index in [1.165, 1.54) is 0 Å². The van der Waals surface area contributed by atoms with Crippen LogP contribution in [0.1, 0.15) is 13.3 Å². The highest BCUT2D eigenvalue weighted by Crippen LogP contribution is 2.40. The maximum atomic E-state index is 11.4. The van der Waals surface area contributed by atoms with Crippen molar-refractivity contribution in [1.82, 2.24) is 4.90 Å². The Labute approximate surface area is 90.0 Å². The quantitative estimate of drug-likeness (QED) is 0.319. The van der Waals surface area contributed by atoms with Crippen molar-refractivity contribution in [3.8, 4) is 0 Å². The summed E-state index contributed by atoms with van der Waals surface area (Å²) >= 11 is 3.31. The molecule has 0 bridgehead atoms. The van der Waals surface area contributed by atoms with E-state index in [0.29, 0.717) is 18.8 Å². The number of hydrogen-bond acceptors (Lipinski definition) is 4. The monoisotopic (exact) mass is 259 g/mol. The SMILES string of the molecule is CC1=C(N2CCC2(Br)C=O)C(=O)OC1. The summed E-state index contributed by atoms with van der Waals surface area (Å²) in [5.41, 5.74) is 1.43. The van der Waals surface area contributed by atoms with Crippen molar-refractivity contribution in [1.29, 1.82) is 0 Å². The van der Waals surface area contributed by atoms with Crippen molar-refractivity contribution in [2.75, 3.05) is 13.2 Å². The molecular formula is C9H10BrNO3. The van der Waals surface area contributed by atoms with E-state index in [4.69, 9.17) is 4.74 Å². The minimum Gasteiger partial charge on any atom is -0.456 e. The van der Waals surface area contributed by atoms with Gasteiger partial charge in [0.15, 0.2) is 10.7 Å². The molecule has 2 aliphatic heterocycles. The number of ether oxygens (including phenoxy) is 1. The van der Waals surface area contributed by atoms with Crippen LogP contribution in [0.15, 0.2) is 11.3 Å². The molecule has 1 saturated heterocycles. The maximum Gasteiger partial charge on any atom is 0.355 e. The van der Waals surface area contributed by atoms with Gasteiger partial charge in [0.2, 0.25) is 0 Å². The molecule has 0 aromatic carbocycles. The Kier molecular flexibility index (Phi) is 2.14. The number of carbonyl (C=O) groups excluding carboxylic acids is 2. The van der Waals surface area contributed by atoms with E-state index in [2.05, 4.69) is 15.9 Å². The second kappa shape index (κ2) is 3.08. The van der Waals surface area contributed by atoms with Crippen molar-refractivity contribution in [3.05, 3.63) is 11.3 Å². The van der Waals surface area contributed by atoms with Gasteiger partial charge in [-0.15, -0.1) is 0 Å². The van der Waals surface area contributed by atoms with Crippen LogP contribution in [0.3, 0.4) is 0 Å². The first-order valence-corrected chi connectivity index (χ1v) is 5.17. The largest absolute Gasteiger partial charge is 0.456 e. The van der Waals surface area contributed by atoms with Crippen LogP contribution in [-0.4, -0.2) is 34.8 Å². The fraction of sp³-hybridized carbons (Fsp3) is 0.556. The number of nitrogens with zero attached hydrogens (tertiary/aromatic N) is 1. The summed E-state index contributed by atoms with van der Waals surface area (Å²) < 4.78 is 4.19. The van der Waals surface area contributed by atoms with E-state index < -0.39 is 4.45 Å². The highest BCUT2D eigenvalue weighted by molar-refractivity contribution is 9.10. The van der Waals surface area contributed by atoms with Gasteiger partial charge in [0, 0.05) is 13.0 Å². The predicted octanol–water partition coefficient (Wildman–Crippen LogP) is 0.813. The molecule has 2 heterocycles. The van der Waals surface area contributed by atoms with Crippen LogP contribution in [0.5, 0.6) is 0 Å². The molecule has 5 heteroatoms. The molecule has 1 atom stereocenters. The first-order valence-electron chi connectivity index (χ1n) is 4.38. The van der Waals surface area contributed by atoms with Gasteiger partial charge in [-0.05, 0) is 12.5 Å². The summed E-state index contributed by atoms with van der Waals surface area (Å²) in [4.78, 5) is 23.9. The van der Waals surface area contributed by atoms with Gasteiger partial charge in [-0.1, -0.05) is 15.9 Å². The third-order valence-corrected chi connectivity index (χ3v) is 3.61. The van der Waals surface area contributed by atoms with Crippen molar-refractivity contribution in [2.45, 2.75) is 17.8 Å². The number of halogens is 1. The molecule has 2 aliphatic rings. The van der Waals surface area contributed by atoms with E-state index in [1.54, 1.807) is 4.90 Å². The average Bonchev–Trinajstić information content (AvgIpc) is 2.47. The zero-order valence-electron chi connectivity index (χ0n) is 7.75. The van der Waals surface area contributed by atoms with Crippen molar-refractivity contribution in [2.24, 2.45) is 0 Å². The average molecular weight is 260 g/mol. The molecule has 1 fully saturated rings. The number of hydrogen-bond donors (Lipinski definition) is 0. The Bertz CT molecular complexity index is 339. The van der Waals surface area contributed by atoms with Gasteiger partial charge >= 0.3 is 5.97 Å². The summed E-state index contributed by atoms with van der Waals surface area (Å²) in [7, 11) is 0. The zero-order valence-corrected chi connectivity index (χ0v) is 9.33. The molecule has 0 aliphatic carbocycles. The molecule has 76 valence electrons. The molecular weight excluding hydrogens is 250 g/mol. The van der Waals surface area contributed by atoms with E-state index in [9.17, 15) is 9.59 Å². The Hall–Kier alpha value is -0.840. The standard InChI is InChI=1S/C9H10BrNO3/c1-6-4-14-8(13)7(6)11-3-2-9(11,10)5-12/h5H,2-4H2,1H3. The van der Waals surface area contributed by atoms with Gasteiger partial charge in [-0.2, -0.15) is 0 Å². The number of aldehydes is 1. The Morgan fingerprint density at radius 3 is 2.71 bits per heavy atom. The number of likely N-dealkylation sites (tertiary alicyclic amines) is 1. The maximum absolute atomic E-state index is 11.4. The number of carbonyl (C=O) groups is 2. The molecule has 0 aromatic heterocycles. The second-order valence-corrected chi connectivity index (χ2v) is 4.92. The van der Waals surface area contributed by atoms with E-state index in [1.807, 2.05) is 6.92 Å². The molecule has 1 unspecified atom stereocenters. The Balaban J connectivity index is 2.28. The molecule has 0 radical (unpaired) electrons. The molecule has 0 saturated carbocycles. The first kappa shape index (κ1) is 9.71. The van der Waals surface area contributed by atoms with E-state index in [0.717, 1.165) is 18.3 Å². The third kappa shape index (κ3) is 1.19. The predicted molar refractivity (Wildman–Crippen MR) is 52.7 cm³/mol. The van der Waals surface area contributed by atoms with Crippen molar-refractivity contribution < 1.29 is 14.3 Å². The van der Waals surface area contributed by atoms with Crippen LogP contribution >= 0.6 is 15.9 Å². The first-order chi connectivity index (χ1) is 6.58. The zero-order chi connectivity index (χ0) is 10.3. The molecule has 2 rings (SSSR count). The number of esters is 1. The van der Waals surface area contributed by atoms with Crippen molar-refractivity contribution >= 4 is 28.2 Å². The molecule has 0 aromatic rings. The van der Waals surface area contributed by atoms with Gasteiger partial charge in [0.25, 0.3) is 0 Å². The Morgan fingerprint density at radius 2 is 2.36 bits per heavy atom. The molecule has 0 spiro atoms. The summed E-state index contributed by atoms with van der Waals surface area (Å²) in [6.45, 7) is 2.90. The highest BCUT2D eigenvalue weighted by atomic mass is 79.9. The summed E-state index contributed by atoms with van der Waals surface area (Å²) in [5, 5.41) is 0. The summed E-state index contributed by atoms with van der Waals surface area (Å²) in [6, 6.07) is 0. The molecule has 0 amide bonds. The van der Waals surface area contributed by atoms with Crippen LogP contribution in [-0.2, 0) is 14.3 Å². The van der Waals surface area contributed by atoms with Gasteiger partial charge in [-0.3, -0.25) is 4.79 Å². The van der Waals surface area contributed by atoms with Crippen LogP contribution in [0.2, 0.25) is 0 Å². The van der Waals surface area contributed by atoms with Crippen LogP contribution in [0.4, 0.5) is 0 Å². The van der Waals surface area contributed by atoms with Gasteiger partial charge in [-0.25, -0.2) is 4.79 Å². The minimum atomic E-state index is -0.688. The van der Waals surface area contributed by atoms with Gasteiger partial charge in [0.05, 0.1) is 0 Å². The Morgan fingerprint density at radius 1 is 1.64 bits per heavy atom. The number of alkyl halides is 1. The lowest BCUT2D eigenvalue weighted by molar-refractivity contribution is -0.139. The second-order valence-electron chi connectivity index (χ2n) is 3.54. The van der Waals surface area contributed by atoms with Crippen LogP contribution < -0.4 is 0 Å². The lowest BCUT2D eigenvalue weighted by Crippen LogP contribution is -2.56. The fourth-order valence-electron chi connectivity index (χ4n) is 1.68. The van der Waals surface area contributed by atoms with Gasteiger partial charge < -0.3 is 9.64 Å². The highest BCUT2D eigenvalue weighted by Gasteiger charge is 2.47. The van der Waals surface area contributed by atoms with Gasteiger partial charge in [0.1, 0.15) is 12.3 Å². The third-order valence-electron chi connectivity index (χ3n) is 2.60. The molecule has 4 nitrogen and oxygen atoms in total. The van der Waals surface area contributed by atoms with Crippen LogP contribution in [0, 0.1) is 0 Å². The van der Waals surface area contributed by atoms with E-state index in [-0.39, 0.29) is 5.97 Å². The lowest BCUT2D eigenvalue weighted by atomic mass is 10.0. The lowest BCUT2D eigenvalue weighted by Gasteiger charge is -2.46. The smallest absolute Gasteiger partial charge is 0.355 e. The minimum absolute atomic E-state index is 0.326. The fourth-order valence-corrected chi connectivity index (χ4v) is 2.21. The summed E-state index contributed by atoms with van der Waals surface area (Å²) in [6.07, 6.45) is 1.54. The topological polar surface area (TPSA) is 46.6 Å². The molecule has 0 N–H and O–H groups in total. The number of rotatable bonds is 2. The molecule has 14 heavy (non-hydrogen) atoms. The normalized spacial score (nSPS) is 31.6. The van der Waals surface area contributed by atoms with E-state index >= 15 is 0 Å².